The van der Waals surface area contributed by atoms with E-state index < -0.39 is 6.10 Å². The molecule has 0 fully saturated rings. The maximum absolute atomic E-state index is 9.65. The summed E-state index contributed by atoms with van der Waals surface area (Å²) in [5.41, 5.74) is 8.16. The molecule has 1 heterocycles. The Bertz CT molecular complexity index is 524. The molecule has 0 saturated heterocycles. The van der Waals surface area contributed by atoms with Crippen molar-refractivity contribution in [2.24, 2.45) is 5.73 Å². The summed E-state index contributed by atoms with van der Waals surface area (Å²) in [5, 5.41) is 9.65. The van der Waals surface area contributed by atoms with E-state index in [4.69, 9.17) is 5.73 Å². The first kappa shape index (κ1) is 12.3. The van der Waals surface area contributed by atoms with Crippen molar-refractivity contribution in [1.29, 1.82) is 0 Å². The van der Waals surface area contributed by atoms with Crippen LogP contribution in [0.2, 0.25) is 0 Å². The van der Waals surface area contributed by atoms with Gasteiger partial charge < -0.3 is 15.8 Å². The van der Waals surface area contributed by atoms with E-state index >= 15 is 0 Å². The summed E-state index contributed by atoms with van der Waals surface area (Å²) in [6, 6.07) is 7.84. The van der Waals surface area contributed by atoms with Gasteiger partial charge in [-0.2, -0.15) is 0 Å². The second-order valence-corrected chi connectivity index (χ2v) is 4.68. The molecular formula is C12H14BrN3O. The molecule has 0 amide bonds. The van der Waals surface area contributed by atoms with Crippen LogP contribution < -0.4 is 5.73 Å². The predicted molar refractivity (Wildman–Crippen MR) is 70.5 cm³/mol. The number of rotatable bonds is 3. The number of imidazole rings is 1. The van der Waals surface area contributed by atoms with Gasteiger partial charge in [-0.05, 0) is 13.0 Å². The topological polar surface area (TPSA) is 74.9 Å². The second kappa shape index (κ2) is 5.00. The number of aromatic nitrogens is 2. The number of nitrogens with one attached hydrogen (secondary N) is 1. The first-order valence-electron chi connectivity index (χ1n) is 5.33. The van der Waals surface area contributed by atoms with Crippen LogP contribution in [-0.2, 0) is 0 Å². The number of aryl methyl sites for hydroxylation is 1. The third-order valence-electron chi connectivity index (χ3n) is 2.57. The van der Waals surface area contributed by atoms with Gasteiger partial charge in [0.15, 0.2) is 0 Å². The fourth-order valence-corrected chi connectivity index (χ4v) is 2.14. The Labute approximate surface area is 108 Å². The van der Waals surface area contributed by atoms with E-state index in [2.05, 4.69) is 25.9 Å². The molecule has 4 N–H and O–H groups in total. The molecule has 4 nitrogen and oxygen atoms in total. The van der Waals surface area contributed by atoms with Crippen molar-refractivity contribution < 1.29 is 5.11 Å². The lowest BCUT2D eigenvalue weighted by Crippen LogP contribution is -2.12. The molecule has 1 unspecified atom stereocenters. The van der Waals surface area contributed by atoms with Crippen LogP contribution in [0.15, 0.2) is 28.7 Å². The summed E-state index contributed by atoms with van der Waals surface area (Å²) in [6.07, 6.45) is -0.745. The molecule has 0 bridgehead atoms. The molecule has 0 aliphatic heterocycles. The van der Waals surface area contributed by atoms with Gasteiger partial charge in [0.25, 0.3) is 0 Å². The molecule has 0 saturated carbocycles. The Hall–Kier alpha value is -1.17. The molecule has 90 valence electrons. The lowest BCUT2D eigenvalue weighted by atomic mass is 10.1. The van der Waals surface area contributed by atoms with Crippen molar-refractivity contribution in [2.45, 2.75) is 13.0 Å². The third-order valence-corrected chi connectivity index (χ3v) is 3.26. The quantitative estimate of drug-likeness (QED) is 0.812. The Kier molecular flexibility index (Phi) is 3.61. The summed E-state index contributed by atoms with van der Waals surface area (Å²) in [6.45, 7) is 2.08. The standard InChI is InChI=1S/C12H14BrN3O/c1-7-11(8-4-2-3-5-9(8)13)16-12(15-7)10(17)6-14/h2-5,10,17H,6,14H2,1H3,(H,15,16). The molecule has 0 radical (unpaired) electrons. The van der Waals surface area contributed by atoms with Gasteiger partial charge in [0.2, 0.25) is 0 Å². The van der Waals surface area contributed by atoms with Gasteiger partial charge in [-0.25, -0.2) is 4.98 Å². The first-order chi connectivity index (χ1) is 8.13. The van der Waals surface area contributed by atoms with Gasteiger partial charge in [0.05, 0.1) is 5.69 Å². The highest BCUT2D eigenvalue weighted by Crippen LogP contribution is 2.29. The number of aromatic amines is 1. The lowest BCUT2D eigenvalue weighted by molar-refractivity contribution is 0.177. The van der Waals surface area contributed by atoms with Crippen LogP contribution in [0.4, 0.5) is 0 Å². The van der Waals surface area contributed by atoms with Crippen molar-refractivity contribution in [2.75, 3.05) is 6.54 Å². The number of benzene rings is 1. The van der Waals surface area contributed by atoms with Crippen molar-refractivity contribution in [3.8, 4) is 11.3 Å². The van der Waals surface area contributed by atoms with Crippen molar-refractivity contribution in [3.63, 3.8) is 0 Å². The second-order valence-electron chi connectivity index (χ2n) is 3.83. The molecule has 2 rings (SSSR count). The number of H-pyrrole nitrogens is 1. The van der Waals surface area contributed by atoms with Gasteiger partial charge >= 0.3 is 0 Å². The van der Waals surface area contributed by atoms with Gasteiger partial charge in [0, 0.05) is 22.3 Å². The highest BCUT2D eigenvalue weighted by Gasteiger charge is 2.15. The maximum atomic E-state index is 9.65. The van der Waals surface area contributed by atoms with Crippen LogP contribution in [0.1, 0.15) is 17.6 Å². The number of aliphatic hydroxyl groups excluding tert-OH is 1. The van der Waals surface area contributed by atoms with Gasteiger partial charge in [0.1, 0.15) is 11.9 Å². The van der Waals surface area contributed by atoms with E-state index in [9.17, 15) is 5.11 Å². The van der Waals surface area contributed by atoms with Crippen LogP contribution >= 0.6 is 15.9 Å². The molecule has 1 aromatic carbocycles. The molecular weight excluding hydrogens is 282 g/mol. The van der Waals surface area contributed by atoms with Crippen LogP contribution in [-0.4, -0.2) is 21.6 Å². The largest absolute Gasteiger partial charge is 0.384 e. The van der Waals surface area contributed by atoms with Gasteiger partial charge in [-0.15, -0.1) is 0 Å². The summed E-state index contributed by atoms with van der Waals surface area (Å²) >= 11 is 3.49. The molecule has 5 heteroatoms. The zero-order chi connectivity index (χ0) is 12.4. The van der Waals surface area contributed by atoms with Crippen LogP contribution in [0.3, 0.4) is 0 Å². The maximum Gasteiger partial charge on any atom is 0.137 e. The highest BCUT2D eigenvalue weighted by molar-refractivity contribution is 9.10. The fourth-order valence-electron chi connectivity index (χ4n) is 1.67. The zero-order valence-electron chi connectivity index (χ0n) is 9.44. The Balaban J connectivity index is 2.47. The predicted octanol–water partition coefficient (Wildman–Crippen LogP) is 2.14. The molecule has 0 spiro atoms. The summed E-state index contributed by atoms with van der Waals surface area (Å²) in [4.78, 5) is 7.46. The molecule has 17 heavy (non-hydrogen) atoms. The minimum Gasteiger partial charge on any atom is -0.384 e. The Morgan fingerprint density at radius 1 is 1.47 bits per heavy atom. The minimum atomic E-state index is -0.745. The summed E-state index contributed by atoms with van der Waals surface area (Å²) < 4.78 is 0.975. The van der Waals surface area contributed by atoms with Crippen LogP contribution in [0.5, 0.6) is 0 Å². The minimum absolute atomic E-state index is 0.155. The van der Waals surface area contributed by atoms with E-state index in [1.165, 1.54) is 0 Å². The highest BCUT2D eigenvalue weighted by atomic mass is 79.9. The fraction of sp³-hybridized carbons (Fsp3) is 0.250. The SMILES string of the molecule is Cc1[nH]c(C(O)CN)nc1-c1ccccc1Br. The average Bonchev–Trinajstić information content (AvgIpc) is 2.71. The van der Waals surface area contributed by atoms with Crippen molar-refractivity contribution in [3.05, 3.63) is 40.3 Å². The Morgan fingerprint density at radius 3 is 2.82 bits per heavy atom. The van der Waals surface area contributed by atoms with Crippen LogP contribution in [0, 0.1) is 6.92 Å². The first-order valence-corrected chi connectivity index (χ1v) is 6.12. The number of hydrogen-bond donors (Lipinski definition) is 3. The summed E-state index contributed by atoms with van der Waals surface area (Å²) in [7, 11) is 0. The molecule has 1 aromatic heterocycles. The number of aliphatic hydroxyl groups is 1. The Morgan fingerprint density at radius 2 is 2.18 bits per heavy atom. The number of halogens is 1. The van der Waals surface area contributed by atoms with Crippen molar-refractivity contribution in [1.82, 2.24) is 9.97 Å². The van der Waals surface area contributed by atoms with Gasteiger partial charge in [-0.1, -0.05) is 34.1 Å². The molecule has 1 atom stereocenters. The van der Waals surface area contributed by atoms with E-state index in [1.54, 1.807) is 0 Å². The van der Waals surface area contributed by atoms with Crippen molar-refractivity contribution >= 4 is 15.9 Å². The summed E-state index contributed by atoms with van der Waals surface area (Å²) in [5.74, 6) is 0.510. The van der Waals surface area contributed by atoms with E-state index in [1.807, 2.05) is 31.2 Å². The lowest BCUT2D eigenvalue weighted by Gasteiger charge is -2.02. The molecule has 2 aromatic rings. The smallest absolute Gasteiger partial charge is 0.137 e. The third kappa shape index (κ3) is 2.41. The normalized spacial score (nSPS) is 12.7. The zero-order valence-corrected chi connectivity index (χ0v) is 11.0. The number of nitrogens with two attached hydrogens (primary N) is 1. The molecule has 0 aliphatic carbocycles. The van der Waals surface area contributed by atoms with E-state index in [0.29, 0.717) is 5.82 Å². The average molecular weight is 296 g/mol. The molecule has 0 aliphatic rings. The van der Waals surface area contributed by atoms with Crippen LogP contribution in [0.25, 0.3) is 11.3 Å². The number of hydrogen-bond acceptors (Lipinski definition) is 3. The van der Waals surface area contributed by atoms with E-state index in [-0.39, 0.29) is 6.54 Å². The van der Waals surface area contributed by atoms with E-state index in [0.717, 1.165) is 21.4 Å². The number of nitrogens with zero attached hydrogens (tertiary/aromatic N) is 1. The van der Waals surface area contributed by atoms with Gasteiger partial charge in [-0.3, -0.25) is 0 Å². The monoisotopic (exact) mass is 295 g/mol.